The number of likely N-dealkylation sites (tertiary alicyclic amines) is 1. The number of hydrogen-bond donors (Lipinski definition) is 2. The molecule has 3 rings (SSSR count). The van der Waals surface area contributed by atoms with Gasteiger partial charge in [-0.3, -0.25) is 4.90 Å². The van der Waals surface area contributed by atoms with E-state index in [0.717, 1.165) is 30.7 Å². The molecule has 1 aromatic rings. The lowest BCUT2D eigenvalue weighted by Gasteiger charge is -2.19. The Balaban J connectivity index is 1.69. The van der Waals surface area contributed by atoms with Crippen molar-refractivity contribution in [2.75, 3.05) is 13.1 Å². The Bertz CT molecular complexity index is 536. The number of nitrogens with one attached hydrogen (secondary N) is 1. The summed E-state index contributed by atoms with van der Waals surface area (Å²) in [6.45, 7) is 1.52. The summed E-state index contributed by atoms with van der Waals surface area (Å²) in [5.74, 6) is 0.821. The molecule has 108 valence electrons. The zero-order chi connectivity index (χ0) is 14.1. The summed E-state index contributed by atoms with van der Waals surface area (Å²) in [5.41, 5.74) is 3.95. The van der Waals surface area contributed by atoms with Crippen LogP contribution in [0.5, 0.6) is 0 Å². The molecule has 0 radical (unpaired) electrons. The van der Waals surface area contributed by atoms with E-state index in [2.05, 4.69) is 5.48 Å². The molecule has 6 heteroatoms. The summed E-state index contributed by atoms with van der Waals surface area (Å²) in [5, 5.41) is 10.9. The second kappa shape index (κ2) is 5.92. The highest BCUT2D eigenvalue weighted by Crippen LogP contribution is 2.29. The molecule has 2 N–H and O–H groups in total. The molecular formula is C14H16Cl2N2O2. The van der Waals surface area contributed by atoms with Crippen LogP contribution in [0.25, 0.3) is 0 Å². The lowest BCUT2D eigenvalue weighted by Crippen LogP contribution is -2.31. The van der Waals surface area contributed by atoms with Gasteiger partial charge in [-0.2, -0.15) is 0 Å². The quantitative estimate of drug-likeness (QED) is 0.900. The van der Waals surface area contributed by atoms with E-state index in [9.17, 15) is 5.11 Å². The molecule has 0 bridgehead atoms. The number of rotatable bonds is 3. The van der Waals surface area contributed by atoms with Crippen molar-refractivity contribution in [2.45, 2.75) is 25.1 Å². The van der Waals surface area contributed by atoms with Gasteiger partial charge in [-0.15, -0.1) is 5.48 Å². The molecule has 0 aromatic heterocycles. The third-order valence-electron chi connectivity index (χ3n) is 3.66. The molecular weight excluding hydrogens is 299 g/mol. The standard InChI is InChI=1S/C14H16Cl2N2O2/c15-11-4-3-9(6-12(11)16)13-7-10(20-17-13)8-18-5-1-2-14(18)19/h3-4,6-7,13-14,17,19H,1-2,5,8H2/t13?,14-/m0/s1. The molecule has 2 atom stereocenters. The summed E-state index contributed by atoms with van der Waals surface area (Å²) in [4.78, 5) is 7.49. The maximum atomic E-state index is 9.79. The number of hydrogen-bond acceptors (Lipinski definition) is 4. The van der Waals surface area contributed by atoms with Crippen LogP contribution in [0.15, 0.2) is 30.0 Å². The normalized spacial score (nSPS) is 26.6. The highest BCUT2D eigenvalue weighted by Gasteiger charge is 2.26. The second-order valence-electron chi connectivity index (χ2n) is 5.10. The van der Waals surface area contributed by atoms with Crippen molar-refractivity contribution in [3.05, 3.63) is 45.6 Å². The van der Waals surface area contributed by atoms with Crippen LogP contribution in [-0.4, -0.2) is 29.3 Å². The largest absolute Gasteiger partial charge is 0.411 e. The van der Waals surface area contributed by atoms with Crippen molar-refractivity contribution in [2.24, 2.45) is 0 Å². The number of aliphatic hydroxyl groups is 1. The fourth-order valence-corrected chi connectivity index (χ4v) is 2.85. The van der Waals surface area contributed by atoms with Crippen LogP contribution in [0, 0.1) is 0 Å². The molecule has 1 unspecified atom stereocenters. The van der Waals surface area contributed by atoms with E-state index in [1.807, 2.05) is 23.1 Å². The zero-order valence-corrected chi connectivity index (χ0v) is 12.4. The molecule has 2 aliphatic rings. The SMILES string of the molecule is O[C@H]1CCCN1CC1=CC(c2ccc(Cl)c(Cl)c2)NO1. The number of aliphatic hydroxyl groups excluding tert-OH is 1. The first-order chi connectivity index (χ1) is 9.63. The van der Waals surface area contributed by atoms with Crippen molar-refractivity contribution in [3.63, 3.8) is 0 Å². The van der Waals surface area contributed by atoms with Gasteiger partial charge in [0.2, 0.25) is 0 Å². The van der Waals surface area contributed by atoms with E-state index in [0.29, 0.717) is 16.6 Å². The van der Waals surface area contributed by atoms with Crippen LogP contribution in [-0.2, 0) is 4.84 Å². The Kier molecular flexibility index (Phi) is 4.19. The van der Waals surface area contributed by atoms with Crippen LogP contribution in [0.1, 0.15) is 24.4 Å². The van der Waals surface area contributed by atoms with Gasteiger partial charge >= 0.3 is 0 Å². The first kappa shape index (κ1) is 14.2. The molecule has 20 heavy (non-hydrogen) atoms. The molecule has 0 aliphatic carbocycles. The van der Waals surface area contributed by atoms with Gasteiger partial charge in [0.25, 0.3) is 0 Å². The molecule has 1 fully saturated rings. The van der Waals surface area contributed by atoms with Gasteiger partial charge in [0.1, 0.15) is 12.0 Å². The van der Waals surface area contributed by atoms with Crippen LogP contribution >= 0.6 is 23.2 Å². The van der Waals surface area contributed by atoms with Gasteiger partial charge in [0, 0.05) is 6.54 Å². The number of nitrogens with zero attached hydrogens (tertiary/aromatic N) is 1. The van der Waals surface area contributed by atoms with Crippen LogP contribution < -0.4 is 5.48 Å². The van der Waals surface area contributed by atoms with E-state index in [4.69, 9.17) is 28.0 Å². The Hall–Kier alpha value is -0.780. The van der Waals surface area contributed by atoms with E-state index < -0.39 is 0 Å². The fraction of sp³-hybridized carbons (Fsp3) is 0.429. The Morgan fingerprint density at radius 2 is 2.20 bits per heavy atom. The smallest absolute Gasteiger partial charge is 0.136 e. The van der Waals surface area contributed by atoms with Gasteiger partial charge < -0.3 is 9.94 Å². The predicted octanol–water partition coefficient (Wildman–Crippen LogP) is 2.87. The lowest BCUT2D eigenvalue weighted by molar-refractivity contribution is 0.0245. The van der Waals surface area contributed by atoms with E-state index in [-0.39, 0.29) is 12.3 Å². The zero-order valence-electron chi connectivity index (χ0n) is 10.9. The third kappa shape index (κ3) is 2.95. The summed E-state index contributed by atoms with van der Waals surface area (Å²) in [6, 6.07) is 5.48. The minimum Gasteiger partial charge on any atom is -0.411 e. The number of halogens is 2. The van der Waals surface area contributed by atoms with Gasteiger partial charge in [0.05, 0.1) is 22.6 Å². The van der Waals surface area contributed by atoms with Crippen molar-refractivity contribution in [1.82, 2.24) is 10.4 Å². The van der Waals surface area contributed by atoms with Crippen molar-refractivity contribution >= 4 is 23.2 Å². The predicted molar refractivity (Wildman–Crippen MR) is 78.3 cm³/mol. The second-order valence-corrected chi connectivity index (χ2v) is 5.91. The number of hydroxylamine groups is 1. The monoisotopic (exact) mass is 314 g/mol. The molecule has 4 nitrogen and oxygen atoms in total. The Morgan fingerprint density at radius 1 is 1.35 bits per heavy atom. The Labute approximate surface area is 127 Å². The van der Waals surface area contributed by atoms with Gasteiger partial charge in [-0.05, 0) is 36.6 Å². The van der Waals surface area contributed by atoms with E-state index >= 15 is 0 Å². The van der Waals surface area contributed by atoms with Gasteiger partial charge in [0.15, 0.2) is 0 Å². The molecule has 2 heterocycles. The third-order valence-corrected chi connectivity index (χ3v) is 4.40. The highest BCUT2D eigenvalue weighted by molar-refractivity contribution is 6.42. The summed E-state index contributed by atoms with van der Waals surface area (Å²) < 4.78 is 0. The molecule has 0 saturated carbocycles. The molecule has 0 spiro atoms. The summed E-state index contributed by atoms with van der Waals surface area (Å²) in [7, 11) is 0. The van der Waals surface area contributed by atoms with Crippen LogP contribution in [0.4, 0.5) is 0 Å². The molecule has 0 amide bonds. The van der Waals surface area contributed by atoms with Crippen LogP contribution in [0.2, 0.25) is 10.0 Å². The highest BCUT2D eigenvalue weighted by atomic mass is 35.5. The average Bonchev–Trinajstić information content (AvgIpc) is 3.04. The minimum atomic E-state index is -0.358. The van der Waals surface area contributed by atoms with Crippen molar-refractivity contribution in [3.8, 4) is 0 Å². The fourth-order valence-electron chi connectivity index (χ4n) is 2.54. The molecule has 1 aromatic carbocycles. The minimum absolute atomic E-state index is 0.0421. The van der Waals surface area contributed by atoms with Crippen LogP contribution in [0.3, 0.4) is 0 Å². The van der Waals surface area contributed by atoms with E-state index in [1.165, 1.54) is 0 Å². The first-order valence-corrected chi connectivity index (χ1v) is 7.39. The maximum Gasteiger partial charge on any atom is 0.136 e. The van der Waals surface area contributed by atoms with E-state index in [1.54, 1.807) is 6.07 Å². The topological polar surface area (TPSA) is 44.7 Å². The molecule has 1 saturated heterocycles. The van der Waals surface area contributed by atoms with Gasteiger partial charge in [-0.25, -0.2) is 0 Å². The lowest BCUT2D eigenvalue weighted by atomic mass is 10.1. The first-order valence-electron chi connectivity index (χ1n) is 6.63. The van der Waals surface area contributed by atoms with Crippen molar-refractivity contribution < 1.29 is 9.94 Å². The Morgan fingerprint density at radius 3 is 2.90 bits per heavy atom. The van der Waals surface area contributed by atoms with Crippen molar-refractivity contribution in [1.29, 1.82) is 0 Å². The summed E-state index contributed by atoms with van der Waals surface area (Å²) >= 11 is 11.9. The average molecular weight is 315 g/mol. The maximum absolute atomic E-state index is 9.79. The van der Waals surface area contributed by atoms with Gasteiger partial charge in [-0.1, -0.05) is 29.3 Å². The molecule has 2 aliphatic heterocycles. The summed E-state index contributed by atoms with van der Waals surface area (Å²) in [6.07, 6.45) is 3.50. The number of benzene rings is 1.